The van der Waals surface area contributed by atoms with Crippen molar-refractivity contribution in [2.75, 3.05) is 46.8 Å². The first-order valence-electron chi connectivity index (χ1n) is 15.3. The molecule has 10 heteroatoms. The first kappa shape index (κ1) is 28.2. The van der Waals surface area contributed by atoms with Gasteiger partial charge in [0.1, 0.15) is 5.01 Å². The van der Waals surface area contributed by atoms with Crippen molar-refractivity contribution in [3.63, 3.8) is 0 Å². The number of hydrogen-bond acceptors (Lipinski definition) is 8. The van der Waals surface area contributed by atoms with E-state index in [1.165, 1.54) is 41.9 Å². The van der Waals surface area contributed by atoms with Crippen molar-refractivity contribution in [2.24, 2.45) is 0 Å². The van der Waals surface area contributed by atoms with Crippen LogP contribution in [0.5, 0.6) is 0 Å². The van der Waals surface area contributed by atoms with Crippen LogP contribution in [0.25, 0.3) is 22.3 Å². The number of thiazole rings is 1. The van der Waals surface area contributed by atoms with Gasteiger partial charge in [0.15, 0.2) is 5.65 Å². The number of hydrogen-bond donors (Lipinski definition) is 0. The Kier molecular flexibility index (Phi) is 7.69. The Morgan fingerprint density at radius 3 is 2.40 bits per heavy atom. The number of pyridine rings is 1. The van der Waals surface area contributed by atoms with Gasteiger partial charge in [0.2, 0.25) is 0 Å². The third-order valence-corrected chi connectivity index (χ3v) is 12.4. The maximum absolute atomic E-state index is 13.8. The standard InChI is InChI=1S/C32H40N6O2S2/c1-35-15-17-37(18-16-35)25-12-10-23(11-13-25)24-19-27-28(29-22-41-32(34-29)30-9-6-14-36(30)2)21-38(31(27)33-20-24)42(39,40)26-7-4-3-5-8-26/h3-5,7-8,19-23,25,30H,6,9-18H2,1-2H3. The Bertz CT molecular complexity index is 1650. The van der Waals surface area contributed by atoms with Gasteiger partial charge in [-0.3, -0.25) is 9.80 Å². The zero-order chi connectivity index (χ0) is 28.8. The molecule has 1 aromatic carbocycles. The Hall–Kier alpha value is -2.63. The molecule has 5 heterocycles. The molecule has 0 amide bonds. The number of aromatic nitrogens is 3. The molecule has 42 heavy (non-hydrogen) atoms. The van der Waals surface area contributed by atoms with Crippen LogP contribution in [0.3, 0.4) is 0 Å². The monoisotopic (exact) mass is 604 g/mol. The molecule has 0 N–H and O–H groups in total. The third kappa shape index (κ3) is 5.21. The molecule has 0 spiro atoms. The highest BCUT2D eigenvalue weighted by Gasteiger charge is 2.31. The average Bonchev–Trinajstić information content (AvgIpc) is 3.76. The van der Waals surface area contributed by atoms with Gasteiger partial charge in [-0.15, -0.1) is 11.3 Å². The lowest BCUT2D eigenvalue weighted by atomic mass is 9.81. The van der Waals surface area contributed by atoms with E-state index in [2.05, 4.69) is 40.2 Å². The number of likely N-dealkylation sites (N-methyl/N-ethyl adjacent to an activating group) is 1. The third-order valence-electron chi connectivity index (χ3n) is 9.76. The molecule has 222 valence electrons. The smallest absolute Gasteiger partial charge is 0.269 e. The van der Waals surface area contributed by atoms with Crippen LogP contribution in [0.1, 0.15) is 61.1 Å². The highest BCUT2D eigenvalue weighted by Crippen LogP contribution is 2.40. The minimum atomic E-state index is -3.82. The van der Waals surface area contributed by atoms with Gasteiger partial charge in [0, 0.05) is 60.9 Å². The van der Waals surface area contributed by atoms with E-state index in [1.54, 1.807) is 41.8 Å². The highest BCUT2D eigenvalue weighted by atomic mass is 32.2. The fourth-order valence-corrected chi connectivity index (χ4v) is 9.52. The second kappa shape index (κ2) is 11.5. The Balaban J connectivity index is 1.23. The van der Waals surface area contributed by atoms with Crippen molar-refractivity contribution < 1.29 is 8.42 Å². The normalized spacial score (nSPS) is 25.0. The highest BCUT2D eigenvalue weighted by molar-refractivity contribution is 7.90. The summed E-state index contributed by atoms with van der Waals surface area (Å²) in [5, 5.41) is 4.05. The largest absolute Gasteiger partial charge is 0.304 e. The first-order chi connectivity index (χ1) is 20.4. The Morgan fingerprint density at radius 1 is 0.929 bits per heavy atom. The number of fused-ring (bicyclic) bond motifs is 1. The van der Waals surface area contributed by atoms with E-state index >= 15 is 0 Å². The van der Waals surface area contributed by atoms with Crippen molar-refractivity contribution in [3.05, 3.63) is 64.7 Å². The summed E-state index contributed by atoms with van der Waals surface area (Å²) >= 11 is 1.67. The molecule has 4 aromatic rings. The van der Waals surface area contributed by atoms with Crippen LogP contribution in [0.15, 0.2) is 59.1 Å². The summed E-state index contributed by atoms with van der Waals surface area (Å²) in [6, 6.07) is 11.8. The van der Waals surface area contributed by atoms with Gasteiger partial charge in [0.25, 0.3) is 10.0 Å². The van der Waals surface area contributed by atoms with Crippen LogP contribution in [0, 0.1) is 0 Å². The lowest BCUT2D eigenvalue weighted by molar-refractivity contribution is 0.0878. The van der Waals surface area contributed by atoms with E-state index in [1.807, 2.05) is 12.3 Å². The van der Waals surface area contributed by atoms with Gasteiger partial charge in [-0.2, -0.15) is 0 Å². The SMILES string of the molecule is CN1CCN(C2CCC(c3cnc4c(c3)c(-c3csc(C5CCCN5C)n3)cn4S(=O)(=O)c3ccccc3)CC2)CC1. The summed E-state index contributed by atoms with van der Waals surface area (Å²) in [5.41, 5.74) is 3.35. The molecule has 7 rings (SSSR count). The number of piperazine rings is 1. The molecule has 0 bridgehead atoms. The molecule has 1 saturated carbocycles. The lowest BCUT2D eigenvalue weighted by Gasteiger charge is -2.41. The molecule has 2 aliphatic heterocycles. The minimum Gasteiger partial charge on any atom is -0.304 e. The van der Waals surface area contributed by atoms with E-state index in [0.29, 0.717) is 23.6 Å². The fourth-order valence-electron chi connectivity index (χ4n) is 7.16. The van der Waals surface area contributed by atoms with Gasteiger partial charge in [0.05, 0.1) is 16.6 Å². The quantitative estimate of drug-likeness (QED) is 0.290. The number of nitrogens with zero attached hydrogens (tertiary/aromatic N) is 6. The molecular formula is C32H40N6O2S2. The van der Waals surface area contributed by atoms with E-state index in [9.17, 15) is 8.42 Å². The van der Waals surface area contributed by atoms with Crippen molar-refractivity contribution in [3.8, 4) is 11.3 Å². The molecule has 8 nitrogen and oxygen atoms in total. The van der Waals surface area contributed by atoms with E-state index in [-0.39, 0.29) is 4.90 Å². The van der Waals surface area contributed by atoms with Crippen LogP contribution in [0.2, 0.25) is 0 Å². The van der Waals surface area contributed by atoms with Crippen molar-refractivity contribution in [2.45, 2.75) is 61.4 Å². The second-order valence-corrected chi connectivity index (χ2v) is 15.1. The molecule has 3 aliphatic rings. The summed E-state index contributed by atoms with van der Waals surface area (Å²) < 4.78 is 29.0. The maximum Gasteiger partial charge on any atom is 0.269 e. The summed E-state index contributed by atoms with van der Waals surface area (Å²) in [4.78, 5) is 17.6. The summed E-state index contributed by atoms with van der Waals surface area (Å²) in [5.74, 6) is 0.436. The zero-order valence-corrected chi connectivity index (χ0v) is 26.2. The molecule has 1 unspecified atom stereocenters. The van der Waals surface area contributed by atoms with Gasteiger partial charge in [-0.25, -0.2) is 22.4 Å². The van der Waals surface area contributed by atoms with Crippen molar-refractivity contribution in [1.29, 1.82) is 0 Å². The van der Waals surface area contributed by atoms with Gasteiger partial charge < -0.3 is 4.90 Å². The first-order valence-corrected chi connectivity index (χ1v) is 17.6. The Labute approximate surface area is 253 Å². The van der Waals surface area contributed by atoms with Gasteiger partial charge in [-0.05, 0) is 88.8 Å². The Morgan fingerprint density at radius 2 is 1.69 bits per heavy atom. The molecule has 3 aromatic heterocycles. The van der Waals surface area contributed by atoms with Crippen LogP contribution in [-0.2, 0) is 10.0 Å². The van der Waals surface area contributed by atoms with Crippen LogP contribution >= 0.6 is 11.3 Å². The fraction of sp³-hybridized carbons (Fsp3) is 0.500. The predicted octanol–water partition coefficient (Wildman–Crippen LogP) is 5.44. The second-order valence-electron chi connectivity index (χ2n) is 12.4. The molecular weight excluding hydrogens is 565 g/mol. The number of rotatable bonds is 6. The topological polar surface area (TPSA) is 74.6 Å². The lowest BCUT2D eigenvalue weighted by Crippen LogP contribution is -2.49. The number of likely N-dealkylation sites (tertiary alicyclic amines) is 1. The molecule has 0 radical (unpaired) electrons. The molecule has 3 fully saturated rings. The number of benzene rings is 1. The van der Waals surface area contributed by atoms with Crippen LogP contribution in [-0.4, -0.2) is 89.9 Å². The van der Waals surface area contributed by atoms with Crippen LogP contribution in [0.4, 0.5) is 0 Å². The minimum absolute atomic E-state index is 0.258. The van der Waals surface area contributed by atoms with Crippen molar-refractivity contribution >= 4 is 32.4 Å². The molecule has 1 aliphatic carbocycles. The van der Waals surface area contributed by atoms with E-state index in [4.69, 9.17) is 9.97 Å². The molecule has 2 saturated heterocycles. The maximum atomic E-state index is 13.8. The summed E-state index contributed by atoms with van der Waals surface area (Å²) in [6.07, 6.45) is 10.6. The van der Waals surface area contributed by atoms with Gasteiger partial charge >= 0.3 is 0 Å². The van der Waals surface area contributed by atoms with Crippen molar-refractivity contribution in [1.82, 2.24) is 28.6 Å². The predicted molar refractivity (Wildman–Crippen MR) is 169 cm³/mol. The molecule has 1 atom stereocenters. The van der Waals surface area contributed by atoms with E-state index in [0.717, 1.165) is 60.5 Å². The van der Waals surface area contributed by atoms with Gasteiger partial charge in [-0.1, -0.05) is 18.2 Å². The summed E-state index contributed by atoms with van der Waals surface area (Å²) in [6.45, 7) is 5.72. The summed E-state index contributed by atoms with van der Waals surface area (Å²) in [7, 11) is 0.551. The van der Waals surface area contributed by atoms with Crippen LogP contribution < -0.4 is 0 Å². The average molecular weight is 605 g/mol. The zero-order valence-electron chi connectivity index (χ0n) is 24.5. The van der Waals surface area contributed by atoms with E-state index < -0.39 is 10.0 Å².